The van der Waals surface area contributed by atoms with E-state index in [4.69, 9.17) is 18.9 Å². The molecule has 0 radical (unpaired) electrons. The molecular formula is C16H26O5. The maximum atomic E-state index is 9.73. The van der Waals surface area contributed by atoms with Gasteiger partial charge in [0.25, 0.3) is 0 Å². The number of ether oxygens (including phenoxy) is 4. The second kappa shape index (κ2) is 10.6. The van der Waals surface area contributed by atoms with Crippen LogP contribution in [0, 0.1) is 6.92 Å². The average molecular weight is 298 g/mol. The Bertz CT molecular complexity index is 392. The molecule has 0 saturated carbocycles. The smallest absolute Gasteiger partial charge is 0.125 e. The van der Waals surface area contributed by atoms with Crippen molar-refractivity contribution in [2.75, 3.05) is 46.8 Å². The number of methoxy groups -OCH3 is 1. The highest BCUT2D eigenvalue weighted by molar-refractivity contribution is 5.38. The summed E-state index contributed by atoms with van der Waals surface area (Å²) in [5.41, 5.74) is 1.90. The van der Waals surface area contributed by atoms with Crippen LogP contribution in [0.2, 0.25) is 0 Å². The Hall–Kier alpha value is -1.14. The summed E-state index contributed by atoms with van der Waals surface area (Å²) in [6, 6.07) is 5.78. The minimum Gasteiger partial charge on any atom is -0.491 e. The van der Waals surface area contributed by atoms with Crippen LogP contribution in [0.1, 0.15) is 24.2 Å². The van der Waals surface area contributed by atoms with E-state index < -0.39 is 6.10 Å². The Morgan fingerprint density at radius 2 is 1.62 bits per heavy atom. The molecule has 120 valence electrons. The summed E-state index contributed by atoms with van der Waals surface area (Å²) in [5, 5.41) is 9.73. The summed E-state index contributed by atoms with van der Waals surface area (Å²) < 4.78 is 21.2. The molecule has 0 fully saturated rings. The maximum Gasteiger partial charge on any atom is 0.125 e. The highest BCUT2D eigenvalue weighted by Crippen LogP contribution is 2.26. The van der Waals surface area contributed by atoms with Crippen LogP contribution < -0.4 is 4.74 Å². The van der Waals surface area contributed by atoms with E-state index in [1.165, 1.54) is 0 Å². The van der Waals surface area contributed by atoms with Crippen molar-refractivity contribution in [1.82, 2.24) is 0 Å². The van der Waals surface area contributed by atoms with Crippen molar-refractivity contribution in [3.63, 3.8) is 0 Å². The Labute approximate surface area is 126 Å². The van der Waals surface area contributed by atoms with Crippen molar-refractivity contribution in [3.8, 4) is 5.75 Å². The van der Waals surface area contributed by atoms with Gasteiger partial charge in [-0.2, -0.15) is 0 Å². The fraction of sp³-hybridized carbons (Fsp3) is 0.625. The molecule has 0 aliphatic carbocycles. The van der Waals surface area contributed by atoms with Gasteiger partial charge in [-0.1, -0.05) is 11.6 Å². The molecule has 1 aromatic carbocycles. The summed E-state index contributed by atoms with van der Waals surface area (Å²) in [4.78, 5) is 0. The van der Waals surface area contributed by atoms with Gasteiger partial charge >= 0.3 is 0 Å². The first-order valence-corrected chi connectivity index (χ1v) is 7.21. The van der Waals surface area contributed by atoms with E-state index in [-0.39, 0.29) is 0 Å². The molecule has 1 rings (SSSR count). The van der Waals surface area contributed by atoms with E-state index in [0.717, 1.165) is 11.1 Å². The molecule has 5 nitrogen and oxygen atoms in total. The van der Waals surface area contributed by atoms with Gasteiger partial charge in [-0.25, -0.2) is 0 Å². The molecule has 0 aliphatic heterocycles. The second-order valence-electron chi connectivity index (χ2n) is 4.78. The molecule has 1 unspecified atom stereocenters. The number of aliphatic hydroxyl groups excluding tert-OH is 1. The highest BCUT2D eigenvalue weighted by atomic mass is 16.6. The largest absolute Gasteiger partial charge is 0.491 e. The van der Waals surface area contributed by atoms with E-state index in [9.17, 15) is 5.11 Å². The van der Waals surface area contributed by atoms with Crippen molar-refractivity contribution >= 4 is 0 Å². The van der Waals surface area contributed by atoms with Crippen molar-refractivity contribution in [2.45, 2.75) is 20.0 Å². The number of hydrogen-bond donors (Lipinski definition) is 1. The zero-order valence-corrected chi connectivity index (χ0v) is 13.1. The molecule has 1 atom stereocenters. The van der Waals surface area contributed by atoms with Crippen molar-refractivity contribution in [1.29, 1.82) is 0 Å². The number of aryl methyl sites for hydroxylation is 1. The molecular weight excluding hydrogens is 272 g/mol. The van der Waals surface area contributed by atoms with E-state index >= 15 is 0 Å². The molecule has 0 aliphatic rings. The van der Waals surface area contributed by atoms with E-state index in [1.807, 2.05) is 25.1 Å². The summed E-state index contributed by atoms with van der Waals surface area (Å²) in [6.07, 6.45) is -0.546. The SMILES string of the molecule is COCCOCCOCCOc1ccc(C)cc1C(C)O. The average Bonchev–Trinajstić information content (AvgIpc) is 2.46. The van der Waals surface area contributed by atoms with Crippen LogP contribution >= 0.6 is 0 Å². The fourth-order valence-corrected chi connectivity index (χ4v) is 1.80. The van der Waals surface area contributed by atoms with Gasteiger partial charge in [0.2, 0.25) is 0 Å². The second-order valence-corrected chi connectivity index (χ2v) is 4.78. The van der Waals surface area contributed by atoms with Crippen LogP contribution in [0.25, 0.3) is 0 Å². The van der Waals surface area contributed by atoms with Crippen LogP contribution in [-0.4, -0.2) is 51.9 Å². The van der Waals surface area contributed by atoms with Gasteiger partial charge in [0.05, 0.1) is 39.1 Å². The predicted octanol–water partition coefficient (Wildman–Crippen LogP) is 2.11. The zero-order valence-electron chi connectivity index (χ0n) is 13.1. The van der Waals surface area contributed by atoms with E-state index in [0.29, 0.717) is 45.4 Å². The van der Waals surface area contributed by atoms with Gasteiger partial charge in [0.15, 0.2) is 0 Å². The Balaban J connectivity index is 2.18. The first kappa shape index (κ1) is 17.9. The molecule has 0 amide bonds. The molecule has 0 saturated heterocycles. The Morgan fingerprint density at radius 1 is 1.00 bits per heavy atom. The number of rotatable bonds is 11. The lowest BCUT2D eigenvalue weighted by Crippen LogP contribution is -2.13. The van der Waals surface area contributed by atoms with Crippen LogP contribution in [0.3, 0.4) is 0 Å². The third-order valence-electron chi connectivity index (χ3n) is 2.90. The lowest BCUT2D eigenvalue weighted by molar-refractivity contribution is 0.0177. The number of aliphatic hydroxyl groups is 1. The van der Waals surface area contributed by atoms with Crippen LogP contribution in [0.5, 0.6) is 5.75 Å². The lowest BCUT2D eigenvalue weighted by Gasteiger charge is -2.14. The minimum absolute atomic E-state index is 0.445. The van der Waals surface area contributed by atoms with Gasteiger partial charge in [-0.05, 0) is 26.0 Å². The van der Waals surface area contributed by atoms with Crippen molar-refractivity contribution < 1.29 is 24.1 Å². The third-order valence-corrected chi connectivity index (χ3v) is 2.90. The van der Waals surface area contributed by atoms with Gasteiger partial charge in [-0.3, -0.25) is 0 Å². The number of hydrogen-bond acceptors (Lipinski definition) is 5. The standard InChI is InChI=1S/C16H26O5/c1-13-4-5-16(15(12-13)14(2)17)21-11-10-20-9-8-19-7-6-18-3/h4-5,12,14,17H,6-11H2,1-3H3. The van der Waals surface area contributed by atoms with E-state index in [2.05, 4.69) is 0 Å². The first-order valence-electron chi connectivity index (χ1n) is 7.21. The summed E-state index contributed by atoms with van der Waals surface area (Å²) in [6.45, 7) is 6.91. The summed E-state index contributed by atoms with van der Waals surface area (Å²) in [5.74, 6) is 0.704. The van der Waals surface area contributed by atoms with Crippen LogP contribution in [-0.2, 0) is 14.2 Å². The highest BCUT2D eigenvalue weighted by Gasteiger charge is 2.09. The van der Waals surface area contributed by atoms with Crippen molar-refractivity contribution in [2.24, 2.45) is 0 Å². The van der Waals surface area contributed by atoms with Crippen molar-refractivity contribution in [3.05, 3.63) is 29.3 Å². The lowest BCUT2D eigenvalue weighted by atomic mass is 10.1. The normalized spacial score (nSPS) is 12.4. The molecule has 0 bridgehead atoms. The number of benzene rings is 1. The molecule has 1 aromatic rings. The topological polar surface area (TPSA) is 57.2 Å². The Morgan fingerprint density at radius 3 is 2.24 bits per heavy atom. The maximum absolute atomic E-state index is 9.73. The monoisotopic (exact) mass is 298 g/mol. The summed E-state index contributed by atoms with van der Waals surface area (Å²) >= 11 is 0. The Kier molecular flexibility index (Phi) is 9.01. The summed E-state index contributed by atoms with van der Waals surface area (Å²) in [7, 11) is 1.64. The van der Waals surface area contributed by atoms with Crippen LogP contribution in [0.4, 0.5) is 0 Å². The third kappa shape index (κ3) is 7.43. The molecule has 5 heteroatoms. The molecule has 0 heterocycles. The van der Waals surface area contributed by atoms with Gasteiger partial charge in [0.1, 0.15) is 12.4 Å². The predicted molar refractivity (Wildman–Crippen MR) is 80.8 cm³/mol. The van der Waals surface area contributed by atoms with Gasteiger partial charge in [0, 0.05) is 12.7 Å². The first-order chi connectivity index (χ1) is 10.1. The quantitative estimate of drug-likeness (QED) is 0.634. The van der Waals surface area contributed by atoms with Crippen LogP contribution in [0.15, 0.2) is 18.2 Å². The minimum atomic E-state index is -0.546. The molecule has 0 aromatic heterocycles. The van der Waals surface area contributed by atoms with Gasteiger partial charge < -0.3 is 24.1 Å². The van der Waals surface area contributed by atoms with Gasteiger partial charge in [-0.15, -0.1) is 0 Å². The molecule has 21 heavy (non-hydrogen) atoms. The fourth-order valence-electron chi connectivity index (χ4n) is 1.80. The van der Waals surface area contributed by atoms with E-state index in [1.54, 1.807) is 14.0 Å². The molecule has 1 N–H and O–H groups in total. The molecule has 0 spiro atoms. The zero-order chi connectivity index (χ0) is 15.5.